The Kier molecular flexibility index (Phi) is 7.64. The first-order chi connectivity index (χ1) is 17.4. The fraction of sp³-hybridized carbons (Fsp3) is 0.233. The van der Waals surface area contributed by atoms with Crippen LogP contribution in [0.15, 0.2) is 66.9 Å². The molecule has 0 aliphatic carbocycles. The molecule has 0 unspecified atom stereocenters. The summed E-state index contributed by atoms with van der Waals surface area (Å²) < 4.78 is 11.0. The van der Waals surface area contributed by atoms with Gasteiger partial charge in [0.1, 0.15) is 24.7 Å². The highest BCUT2D eigenvalue weighted by atomic mass is 16.5. The molecule has 0 atom stereocenters. The summed E-state index contributed by atoms with van der Waals surface area (Å²) in [6.45, 7) is 10.9. The normalized spacial score (nSPS) is 11.1. The molecular weight excluding hydrogens is 450 g/mol. The molecule has 0 saturated carbocycles. The van der Waals surface area contributed by atoms with E-state index < -0.39 is 0 Å². The highest BCUT2D eigenvalue weighted by Gasteiger charge is 2.17. The Morgan fingerprint density at radius 1 is 0.694 bits per heavy atom. The number of benzene rings is 3. The van der Waals surface area contributed by atoms with Gasteiger partial charge >= 0.3 is 0 Å². The molecule has 0 amide bonds. The number of aromatic hydroxyl groups is 1. The van der Waals surface area contributed by atoms with Crippen LogP contribution in [0, 0.1) is 27.7 Å². The van der Waals surface area contributed by atoms with Gasteiger partial charge < -0.3 is 14.6 Å². The van der Waals surface area contributed by atoms with E-state index in [1.807, 2.05) is 51.1 Å². The number of hydrogen-bond donors (Lipinski definition) is 1. The van der Waals surface area contributed by atoms with Crippen LogP contribution in [0.1, 0.15) is 29.2 Å². The van der Waals surface area contributed by atoms with E-state index in [2.05, 4.69) is 26.0 Å². The smallest absolute Gasteiger partial charge is 0.167 e. The van der Waals surface area contributed by atoms with Crippen LogP contribution in [0.4, 0.5) is 0 Å². The van der Waals surface area contributed by atoms with Gasteiger partial charge in [-0.1, -0.05) is 53.6 Å². The van der Waals surface area contributed by atoms with Crippen molar-refractivity contribution >= 4 is 0 Å². The molecule has 0 saturated heterocycles. The summed E-state index contributed by atoms with van der Waals surface area (Å²) in [4.78, 5) is 14.4. The van der Waals surface area contributed by atoms with E-state index in [-0.39, 0.29) is 5.75 Å². The average molecular weight is 482 g/mol. The molecule has 1 aromatic heterocycles. The van der Waals surface area contributed by atoms with Gasteiger partial charge in [-0.25, -0.2) is 15.0 Å². The minimum Gasteiger partial charge on any atom is -0.507 e. The number of phenolic OH excluding ortho intramolecular Hbond substituents is 1. The standard InChI is InChI=1S/C30H31N3O3/c1-6-13-35-14-15-36-23-9-12-26(27(34)18-23)30-32-28(24-10-7-19(2)16-21(24)4)31-29(33-30)25-11-8-20(3)17-22(25)5/h6-13,16-18,34H,14-15H2,1-5H3. The summed E-state index contributed by atoms with van der Waals surface area (Å²) in [6.07, 6.45) is 3.43. The Balaban J connectivity index is 1.77. The first-order valence-corrected chi connectivity index (χ1v) is 12.0. The van der Waals surface area contributed by atoms with E-state index in [0.717, 1.165) is 22.3 Å². The van der Waals surface area contributed by atoms with Crippen LogP contribution < -0.4 is 4.74 Å². The van der Waals surface area contributed by atoms with Crippen LogP contribution in [0.5, 0.6) is 11.5 Å². The zero-order valence-corrected chi connectivity index (χ0v) is 21.4. The first-order valence-electron chi connectivity index (χ1n) is 12.0. The maximum Gasteiger partial charge on any atom is 0.167 e. The van der Waals surface area contributed by atoms with E-state index in [9.17, 15) is 5.11 Å². The Morgan fingerprint density at radius 2 is 1.22 bits per heavy atom. The molecule has 0 bridgehead atoms. The predicted molar refractivity (Wildman–Crippen MR) is 143 cm³/mol. The molecule has 1 heterocycles. The van der Waals surface area contributed by atoms with Gasteiger partial charge in [-0.15, -0.1) is 0 Å². The van der Waals surface area contributed by atoms with Crippen molar-refractivity contribution in [1.29, 1.82) is 0 Å². The summed E-state index contributed by atoms with van der Waals surface area (Å²) >= 11 is 0. The molecule has 1 N–H and O–H groups in total. The number of ether oxygens (including phenoxy) is 2. The molecular formula is C30H31N3O3. The van der Waals surface area contributed by atoms with Crippen LogP contribution in [0.25, 0.3) is 34.2 Å². The number of allylic oxidation sites excluding steroid dienone is 1. The number of nitrogens with zero attached hydrogens (tertiary/aromatic N) is 3. The van der Waals surface area contributed by atoms with Crippen LogP contribution in [-0.2, 0) is 4.74 Å². The topological polar surface area (TPSA) is 77.4 Å². The minimum absolute atomic E-state index is 0.0335. The summed E-state index contributed by atoms with van der Waals surface area (Å²) in [5.74, 6) is 2.10. The maximum atomic E-state index is 10.9. The number of aryl methyl sites for hydroxylation is 4. The van der Waals surface area contributed by atoms with Gasteiger partial charge in [0.25, 0.3) is 0 Å². The van der Waals surface area contributed by atoms with Gasteiger partial charge in [-0.05, 0) is 57.9 Å². The van der Waals surface area contributed by atoms with E-state index in [1.165, 1.54) is 11.1 Å². The van der Waals surface area contributed by atoms with Crippen molar-refractivity contribution in [3.05, 3.63) is 89.2 Å². The van der Waals surface area contributed by atoms with Gasteiger partial charge in [0, 0.05) is 17.2 Å². The first kappa shape index (κ1) is 24.9. The highest BCUT2D eigenvalue weighted by Crippen LogP contribution is 2.34. The summed E-state index contributed by atoms with van der Waals surface area (Å²) in [5.41, 5.74) is 6.85. The van der Waals surface area contributed by atoms with Gasteiger partial charge in [0.05, 0.1) is 11.8 Å². The van der Waals surface area contributed by atoms with Crippen LogP contribution >= 0.6 is 0 Å². The average Bonchev–Trinajstić information content (AvgIpc) is 2.83. The second kappa shape index (κ2) is 11.0. The maximum absolute atomic E-state index is 10.9. The molecule has 0 fully saturated rings. The van der Waals surface area contributed by atoms with Crippen molar-refractivity contribution in [3.8, 4) is 45.7 Å². The molecule has 4 rings (SSSR count). The summed E-state index contributed by atoms with van der Waals surface area (Å²) in [7, 11) is 0. The third kappa shape index (κ3) is 5.71. The summed E-state index contributed by atoms with van der Waals surface area (Å²) in [5, 5.41) is 10.9. The van der Waals surface area contributed by atoms with E-state index in [4.69, 9.17) is 24.4 Å². The fourth-order valence-electron chi connectivity index (χ4n) is 4.03. The quantitative estimate of drug-likeness (QED) is 0.222. The van der Waals surface area contributed by atoms with Gasteiger partial charge in [-0.3, -0.25) is 0 Å². The van der Waals surface area contributed by atoms with Crippen LogP contribution in [0.2, 0.25) is 0 Å². The molecule has 6 nitrogen and oxygen atoms in total. The molecule has 0 aliphatic rings. The van der Waals surface area contributed by atoms with Gasteiger partial charge in [0.15, 0.2) is 17.5 Å². The zero-order valence-electron chi connectivity index (χ0n) is 21.4. The minimum atomic E-state index is 0.0335. The second-order valence-corrected chi connectivity index (χ2v) is 8.81. The molecule has 3 aromatic carbocycles. The number of aromatic nitrogens is 3. The number of hydrogen-bond acceptors (Lipinski definition) is 6. The molecule has 184 valence electrons. The van der Waals surface area contributed by atoms with E-state index >= 15 is 0 Å². The molecule has 0 aliphatic heterocycles. The van der Waals surface area contributed by atoms with E-state index in [0.29, 0.717) is 42.0 Å². The largest absolute Gasteiger partial charge is 0.507 e. The lowest BCUT2D eigenvalue weighted by Gasteiger charge is -2.13. The zero-order chi connectivity index (χ0) is 25.7. The Hall–Kier alpha value is -4.19. The van der Waals surface area contributed by atoms with E-state index in [1.54, 1.807) is 24.5 Å². The molecule has 4 aromatic rings. The molecule has 0 radical (unpaired) electrons. The van der Waals surface area contributed by atoms with Crippen molar-refractivity contribution in [2.45, 2.75) is 34.6 Å². The lowest BCUT2D eigenvalue weighted by molar-refractivity contribution is 0.178. The van der Waals surface area contributed by atoms with Crippen molar-refractivity contribution in [1.82, 2.24) is 15.0 Å². The van der Waals surface area contributed by atoms with Crippen molar-refractivity contribution in [3.63, 3.8) is 0 Å². The van der Waals surface area contributed by atoms with Crippen molar-refractivity contribution in [2.24, 2.45) is 0 Å². The van der Waals surface area contributed by atoms with Crippen LogP contribution in [0.3, 0.4) is 0 Å². The SMILES string of the molecule is CC=COCCOc1ccc(-c2nc(-c3ccc(C)cc3C)nc(-c3ccc(C)cc3C)n2)c(O)c1. The monoisotopic (exact) mass is 481 g/mol. The third-order valence-corrected chi connectivity index (χ3v) is 5.79. The Bertz CT molecular complexity index is 1340. The Labute approximate surface area is 212 Å². The number of phenols is 1. The molecule has 0 spiro atoms. The van der Waals surface area contributed by atoms with Crippen molar-refractivity contribution < 1.29 is 14.6 Å². The summed E-state index contributed by atoms with van der Waals surface area (Å²) in [6, 6.07) is 17.5. The van der Waals surface area contributed by atoms with Crippen molar-refractivity contribution in [2.75, 3.05) is 13.2 Å². The van der Waals surface area contributed by atoms with Crippen LogP contribution in [-0.4, -0.2) is 33.3 Å². The lowest BCUT2D eigenvalue weighted by Crippen LogP contribution is -2.04. The third-order valence-electron chi connectivity index (χ3n) is 5.79. The number of rotatable bonds is 8. The Morgan fingerprint density at radius 3 is 1.72 bits per heavy atom. The second-order valence-electron chi connectivity index (χ2n) is 8.81. The highest BCUT2D eigenvalue weighted by molar-refractivity contribution is 5.72. The fourth-order valence-corrected chi connectivity index (χ4v) is 4.03. The predicted octanol–water partition coefficient (Wildman–Crippen LogP) is 6.74. The van der Waals surface area contributed by atoms with Gasteiger partial charge in [-0.2, -0.15) is 0 Å². The van der Waals surface area contributed by atoms with Gasteiger partial charge in [0.2, 0.25) is 0 Å². The molecule has 36 heavy (non-hydrogen) atoms. The molecule has 6 heteroatoms. The lowest BCUT2D eigenvalue weighted by atomic mass is 10.0.